The summed E-state index contributed by atoms with van der Waals surface area (Å²) in [4.78, 5) is 14.0. The van der Waals surface area contributed by atoms with Crippen molar-refractivity contribution in [3.05, 3.63) is 22.7 Å². The maximum Gasteiger partial charge on any atom is 0.137 e. The normalized spacial score (nSPS) is 26.6. The van der Waals surface area contributed by atoms with E-state index in [1.54, 1.807) is 7.11 Å². The Hall–Kier alpha value is -1.03. The molecule has 0 N–H and O–H groups in total. The van der Waals surface area contributed by atoms with Gasteiger partial charge >= 0.3 is 0 Å². The molecule has 1 aromatic carbocycles. The Morgan fingerprint density at radius 2 is 1.89 bits per heavy atom. The van der Waals surface area contributed by atoms with E-state index in [9.17, 15) is 4.79 Å². The number of benzene rings is 1. The van der Waals surface area contributed by atoms with Crippen LogP contribution in [0.2, 0.25) is 0 Å². The van der Waals surface area contributed by atoms with Crippen LogP contribution in [0.3, 0.4) is 0 Å². The van der Waals surface area contributed by atoms with Gasteiger partial charge in [-0.3, -0.25) is 4.79 Å². The second-order valence-corrected chi connectivity index (χ2v) is 6.00. The number of rotatable bonds is 2. The lowest BCUT2D eigenvalue weighted by Gasteiger charge is -2.36. The number of methoxy groups -OCH3 is 1. The standard InChI is InChI=1S/C14H16BrNO2/c1-18-14-5-9(15)4-12(8-14)16-10-2-3-11(16)7-13(17)6-10/h4-5,8,10-11H,2-3,6-7H2,1H3. The van der Waals surface area contributed by atoms with Crippen LogP contribution in [-0.2, 0) is 4.79 Å². The summed E-state index contributed by atoms with van der Waals surface area (Å²) in [7, 11) is 1.68. The topological polar surface area (TPSA) is 29.5 Å². The third-order valence-corrected chi connectivity index (χ3v) is 4.39. The maximum absolute atomic E-state index is 11.6. The second kappa shape index (κ2) is 4.57. The average Bonchev–Trinajstić information content (AvgIpc) is 2.61. The van der Waals surface area contributed by atoms with Crippen LogP contribution < -0.4 is 9.64 Å². The Kier molecular flexibility index (Phi) is 3.06. The Bertz CT molecular complexity index is 473. The SMILES string of the molecule is COc1cc(Br)cc(N2C3CCC2CC(=O)C3)c1. The van der Waals surface area contributed by atoms with E-state index in [0.29, 0.717) is 30.7 Å². The van der Waals surface area contributed by atoms with Gasteiger partial charge in [0.15, 0.2) is 0 Å². The van der Waals surface area contributed by atoms with Gasteiger partial charge < -0.3 is 9.64 Å². The van der Waals surface area contributed by atoms with E-state index in [0.717, 1.165) is 23.1 Å². The Labute approximate surface area is 115 Å². The number of hydrogen-bond donors (Lipinski definition) is 0. The molecule has 2 bridgehead atoms. The third kappa shape index (κ3) is 2.03. The molecule has 2 saturated heterocycles. The number of carbonyl (C=O) groups is 1. The molecule has 0 spiro atoms. The van der Waals surface area contributed by atoms with Gasteiger partial charge in [-0.25, -0.2) is 0 Å². The van der Waals surface area contributed by atoms with Crippen molar-refractivity contribution in [2.45, 2.75) is 37.8 Å². The lowest BCUT2D eigenvalue weighted by Crippen LogP contribution is -2.43. The minimum atomic E-state index is 0.384. The molecule has 4 heteroatoms. The molecule has 2 heterocycles. The largest absolute Gasteiger partial charge is 0.497 e. The smallest absolute Gasteiger partial charge is 0.137 e. The first-order chi connectivity index (χ1) is 8.67. The van der Waals surface area contributed by atoms with Crippen molar-refractivity contribution in [1.29, 1.82) is 0 Å². The van der Waals surface area contributed by atoms with E-state index >= 15 is 0 Å². The van der Waals surface area contributed by atoms with Crippen molar-refractivity contribution < 1.29 is 9.53 Å². The van der Waals surface area contributed by atoms with Gasteiger partial charge in [0.2, 0.25) is 0 Å². The predicted octanol–water partition coefficient (Wildman–Crippen LogP) is 3.16. The molecule has 0 saturated carbocycles. The van der Waals surface area contributed by atoms with E-state index in [1.807, 2.05) is 6.07 Å². The molecule has 0 aromatic heterocycles. The van der Waals surface area contributed by atoms with Crippen LogP contribution in [0.1, 0.15) is 25.7 Å². The van der Waals surface area contributed by atoms with E-state index in [2.05, 4.69) is 33.0 Å². The summed E-state index contributed by atoms with van der Waals surface area (Å²) in [6.45, 7) is 0. The van der Waals surface area contributed by atoms with E-state index in [4.69, 9.17) is 4.74 Å². The zero-order valence-electron chi connectivity index (χ0n) is 10.4. The molecular weight excluding hydrogens is 294 g/mol. The van der Waals surface area contributed by atoms with Crippen molar-refractivity contribution >= 4 is 27.4 Å². The number of nitrogens with zero attached hydrogens (tertiary/aromatic N) is 1. The van der Waals surface area contributed by atoms with Crippen LogP contribution in [0.25, 0.3) is 0 Å². The molecule has 0 radical (unpaired) electrons. The summed E-state index contributed by atoms with van der Waals surface area (Å²) in [5.41, 5.74) is 1.17. The average molecular weight is 310 g/mol. The summed E-state index contributed by atoms with van der Waals surface area (Å²) in [6.07, 6.45) is 3.66. The van der Waals surface area contributed by atoms with E-state index in [-0.39, 0.29) is 0 Å². The number of carbonyl (C=O) groups excluding carboxylic acids is 1. The van der Waals surface area contributed by atoms with Gasteiger partial charge in [-0.1, -0.05) is 15.9 Å². The minimum absolute atomic E-state index is 0.384. The number of ether oxygens (including phenoxy) is 1. The van der Waals surface area contributed by atoms with Crippen LogP contribution >= 0.6 is 15.9 Å². The van der Waals surface area contributed by atoms with Crippen molar-refractivity contribution in [3.8, 4) is 5.75 Å². The van der Waals surface area contributed by atoms with Crippen LogP contribution in [0, 0.1) is 0 Å². The van der Waals surface area contributed by atoms with E-state index in [1.165, 1.54) is 5.69 Å². The molecule has 0 aliphatic carbocycles. The molecule has 2 unspecified atom stereocenters. The molecular formula is C14H16BrNO2. The zero-order valence-corrected chi connectivity index (χ0v) is 11.9. The molecule has 2 aliphatic rings. The molecule has 2 atom stereocenters. The summed E-state index contributed by atoms with van der Waals surface area (Å²) in [5, 5.41) is 0. The number of halogens is 1. The highest BCUT2D eigenvalue weighted by molar-refractivity contribution is 9.10. The van der Waals surface area contributed by atoms with E-state index < -0.39 is 0 Å². The number of fused-ring (bicyclic) bond motifs is 2. The fraction of sp³-hybridized carbons (Fsp3) is 0.500. The van der Waals surface area contributed by atoms with Crippen LogP contribution in [0.5, 0.6) is 5.75 Å². The monoisotopic (exact) mass is 309 g/mol. The minimum Gasteiger partial charge on any atom is -0.497 e. The molecule has 0 amide bonds. The van der Waals surface area contributed by atoms with Gasteiger partial charge in [-0.2, -0.15) is 0 Å². The van der Waals surface area contributed by atoms with Crippen molar-refractivity contribution in [2.75, 3.05) is 12.0 Å². The molecule has 96 valence electrons. The van der Waals surface area contributed by atoms with Gasteiger partial charge in [-0.15, -0.1) is 0 Å². The fourth-order valence-electron chi connectivity index (χ4n) is 3.21. The van der Waals surface area contributed by atoms with Gasteiger partial charge in [-0.05, 0) is 25.0 Å². The summed E-state index contributed by atoms with van der Waals surface area (Å²) in [5.74, 6) is 1.27. The zero-order chi connectivity index (χ0) is 12.7. The quantitative estimate of drug-likeness (QED) is 0.840. The van der Waals surface area contributed by atoms with Gasteiger partial charge in [0, 0.05) is 41.2 Å². The number of piperidine rings is 1. The fourth-order valence-corrected chi connectivity index (χ4v) is 3.67. The molecule has 18 heavy (non-hydrogen) atoms. The number of hydrogen-bond acceptors (Lipinski definition) is 3. The Balaban J connectivity index is 1.95. The molecule has 3 nitrogen and oxygen atoms in total. The highest BCUT2D eigenvalue weighted by Crippen LogP contribution is 2.40. The van der Waals surface area contributed by atoms with Gasteiger partial charge in [0.05, 0.1) is 7.11 Å². The predicted molar refractivity (Wildman–Crippen MR) is 74.2 cm³/mol. The first-order valence-electron chi connectivity index (χ1n) is 6.32. The highest BCUT2D eigenvalue weighted by Gasteiger charge is 2.40. The Morgan fingerprint density at radius 1 is 1.22 bits per heavy atom. The van der Waals surface area contributed by atoms with Crippen LogP contribution in [0.15, 0.2) is 22.7 Å². The molecule has 2 fully saturated rings. The molecule has 1 aromatic rings. The molecule has 3 rings (SSSR count). The lowest BCUT2D eigenvalue weighted by molar-refractivity contribution is -0.120. The summed E-state index contributed by atoms with van der Waals surface area (Å²) >= 11 is 3.52. The third-order valence-electron chi connectivity index (χ3n) is 3.94. The Morgan fingerprint density at radius 3 is 2.50 bits per heavy atom. The lowest BCUT2D eigenvalue weighted by atomic mass is 10.0. The first-order valence-corrected chi connectivity index (χ1v) is 7.11. The maximum atomic E-state index is 11.6. The second-order valence-electron chi connectivity index (χ2n) is 5.09. The number of ketones is 1. The molecule has 2 aliphatic heterocycles. The van der Waals surface area contributed by atoms with Gasteiger partial charge in [0.25, 0.3) is 0 Å². The van der Waals surface area contributed by atoms with Crippen molar-refractivity contribution in [3.63, 3.8) is 0 Å². The first kappa shape index (κ1) is 12.0. The summed E-state index contributed by atoms with van der Waals surface area (Å²) < 4.78 is 6.34. The highest BCUT2D eigenvalue weighted by atomic mass is 79.9. The summed E-state index contributed by atoms with van der Waals surface area (Å²) in [6, 6.07) is 6.90. The van der Waals surface area contributed by atoms with Crippen molar-refractivity contribution in [1.82, 2.24) is 0 Å². The van der Waals surface area contributed by atoms with Gasteiger partial charge in [0.1, 0.15) is 11.5 Å². The number of Topliss-reactive ketones (excluding diaryl/α,β-unsaturated/α-hetero) is 1. The van der Waals surface area contributed by atoms with Crippen LogP contribution in [0.4, 0.5) is 5.69 Å². The van der Waals surface area contributed by atoms with Crippen LogP contribution in [-0.4, -0.2) is 25.0 Å². The number of anilines is 1. The van der Waals surface area contributed by atoms with Crippen molar-refractivity contribution in [2.24, 2.45) is 0 Å².